The molecule has 0 radical (unpaired) electrons. The second kappa shape index (κ2) is 7.95. The molecule has 1 amide bonds. The van der Waals surface area contributed by atoms with Crippen LogP contribution in [0.5, 0.6) is 0 Å². The van der Waals surface area contributed by atoms with Gasteiger partial charge in [-0.25, -0.2) is 0 Å². The predicted molar refractivity (Wildman–Crippen MR) is 97.3 cm³/mol. The first-order valence-electron chi connectivity index (χ1n) is 8.74. The third kappa shape index (κ3) is 4.36. The summed E-state index contributed by atoms with van der Waals surface area (Å²) in [7, 11) is 0. The molecule has 1 aromatic carbocycles. The standard InChI is InChI=1S/C19H23N5O2/c1-4-24-16(11-14(3)23-24)19-22-21-18(26-19)9-8-17(25)20-12-15-7-5-6-13(2)10-15/h5-7,10-11H,4,8-9,12H2,1-3H3,(H,20,25). The summed E-state index contributed by atoms with van der Waals surface area (Å²) >= 11 is 0. The van der Waals surface area contributed by atoms with Crippen LogP contribution in [-0.2, 0) is 24.3 Å². The summed E-state index contributed by atoms with van der Waals surface area (Å²) in [6.45, 7) is 7.20. The monoisotopic (exact) mass is 353 g/mol. The Morgan fingerprint density at radius 1 is 1.23 bits per heavy atom. The van der Waals surface area contributed by atoms with Crippen LogP contribution in [0, 0.1) is 13.8 Å². The summed E-state index contributed by atoms with van der Waals surface area (Å²) in [6, 6.07) is 9.99. The Bertz CT molecular complexity index is 897. The van der Waals surface area contributed by atoms with Crippen LogP contribution in [0.3, 0.4) is 0 Å². The molecule has 2 heterocycles. The Hall–Kier alpha value is -2.96. The first-order chi connectivity index (χ1) is 12.5. The van der Waals surface area contributed by atoms with E-state index in [9.17, 15) is 4.79 Å². The highest BCUT2D eigenvalue weighted by Crippen LogP contribution is 2.19. The number of carbonyl (C=O) groups is 1. The minimum absolute atomic E-state index is 0.0410. The highest BCUT2D eigenvalue weighted by Gasteiger charge is 2.15. The highest BCUT2D eigenvalue weighted by atomic mass is 16.4. The van der Waals surface area contributed by atoms with Crippen molar-refractivity contribution in [3.63, 3.8) is 0 Å². The van der Waals surface area contributed by atoms with Gasteiger partial charge in [0, 0.05) is 25.9 Å². The lowest BCUT2D eigenvalue weighted by atomic mass is 10.1. The molecular formula is C19H23N5O2. The Morgan fingerprint density at radius 2 is 2.08 bits per heavy atom. The average Bonchev–Trinajstić information content (AvgIpc) is 3.24. The van der Waals surface area contributed by atoms with E-state index in [2.05, 4.69) is 26.7 Å². The normalized spacial score (nSPS) is 10.9. The van der Waals surface area contributed by atoms with E-state index in [1.54, 1.807) is 0 Å². The Balaban J connectivity index is 1.53. The Labute approximate surface area is 152 Å². The second-order valence-electron chi connectivity index (χ2n) is 6.25. The van der Waals surface area contributed by atoms with E-state index in [1.165, 1.54) is 5.56 Å². The van der Waals surface area contributed by atoms with Crippen LogP contribution in [0.4, 0.5) is 0 Å². The lowest BCUT2D eigenvalue weighted by Gasteiger charge is -2.05. The van der Waals surface area contributed by atoms with Gasteiger partial charge >= 0.3 is 0 Å². The van der Waals surface area contributed by atoms with Gasteiger partial charge in [0.15, 0.2) is 0 Å². The SMILES string of the molecule is CCn1nc(C)cc1-c1nnc(CCC(=O)NCc2cccc(C)c2)o1. The number of hydrogen-bond donors (Lipinski definition) is 1. The van der Waals surface area contributed by atoms with Gasteiger partial charge in [-0.3, -0.25) is 9.48 Å². The number of benzene rings is 1. The van der Waals surface area contributed by atoms with Gasteiger partial charge in [-0.1, -0.05) is 29.8 Å². The molecule has 1 N–H and O–H groups in total. The first kappa shape index (κ1) is 17.8. The third-order valence-electron chi connectivity index (χ3n) is 4.03. The molecule has 0 aliphatic rings. The van der Waals surface area contributed by atoms with Crippen molar-refractivity contribution in [2.75, 3.05) is 0 Å². The zero-order chi connectivity index (χ0) is 18.5. The molecule has 0 atom stereocenters. The quantitative estimate of drug-likeness (QED) is 0.706. The van der Waals surface area contributed by atoms with E-state index in [4.69, 9.17) is 4.42 Å². The summed E-state index contributed by atoms with van der Waals surface area (Å²) in [5.74, 6) is 0.843. The summed E-state index contributed by atoms with van der Waals surface area (Å²) in [5, 5.41) is 15.4. The minimum Gasteiger partial charge on any atom is -0.419 e. The number of nitrogens with one attached hydrogen (secondary N) is 1. The van der Waals surface area contributed by atoms with Crippen LogP contribution in [0.1, 0.15) is 36.1 Å². The topological polar surface area (TPSA) is 85.8 Å². The van der Waals surface area contributed by atoms with Gasteiger partial charge in [0.1, 0.15) is 5.69 Å². The Kier molecular flexibility index (Phi) is 5.46. The van der Waals surface area contributed by atoms with Crippen molar-refractivity contribution in [1.29, 1.82) is 0 Å². The van der Waals surface area contributed by atoms with Crippen molar-refractivity contribution < 1.29 is 9.21 Å². The van der Waals surface area contributed by atoms with E-state index >= 15 is 0 Å². The number of nitrogens with zero attached hydrogens (tertiary/aromatic N) is 4. The van der Waals surface area contributed by atoms with Gasteiger partial charge in [0.05, 0.1) is 5.69 Å². The first-order valence-corrected chi connectivity index (χ1v) is 8.74. The van der Waals surface area contributed by atoms with Crippen molar-refractivity contribution in [1.82, 2.24) is 25.3 Å². The summed E-state index contributed by atoms with van der Waals surface area (Å²) in [5.41, 5.74) is 3.96. The van der Waals surface area contributed by atoms with Crippen molar-refractivity contribution in [3.8, 4) is 11.6 Å². The minimum atomic E-state index is -0.0410. The fourth-order valence-electron chi connectivity index (χ4n) is 2.75. The number of amides is 1. The predicted octanol–water partition coefficient (Wildman–Crippen LogP) is 2.82. The lowest BCUT2D eigenvalue weighted by Crippen LogP contribution is -2.23. The van der Waals surface area contributed by atoms with Crippen LogP contribution in [-0.4, -0.2) is 25.9 Å². The Morgan fingerprint density at radius 3 is 2.85 bits per heavy atom. The molecule has 7 nitrogen and oxygen atoms in total. The maximum Gasteiger partial charge on any atom is 0.265 e. The van der Waals surface area contributed by atoms with Crippen LogP contribution >= 0.6 is 0 Å². The maximum absolute atomic E-state index is 12.0. The zero-order valence-corrected chi connectivity index (χ0v) is 15.3. The zero-order valence-electron chi connectivity index (χ0n) is 15.3. The fraction of sp³-hybridized carbons (Fsp3) is 0.368. The third-order valence-corrected chi connectivity index (χ3v) is 4.03. The second-order valence-corrected chi connectivity index (χ2v) is 6.25. The summed E-state index contributed by atoms with van der Waals surface area (Å²) in [6.07, 6.45) is 0.714. The molecule has 0 saturated heterocycles. The van der Waals surface area contributed by atoms with Crippen molar-refractivity contribution >= 4 is 5.91 Å². The molecule has 2 aromatic heterocycles. The van der Waals surface area contributed by atoms with Crippen LogP contribution in [0.15, 0.2) is 34.7 Å². The molecular weight excluding hydrogens is 330 g/mol. The molecule has 3 rings (SSSR count). The van der Waals surface area contributed by atoms with E-state index in [0.29, 0.717) is 31.2 Å². The molecule has 136 valence electrons. The molecule has 0 saturated carbocycles. The molecule has 0 aliphatic carbocycles. The van der Waals surface area contributed by atoms with Gasteiger partial charge < -0.3 is 9.73 Å². The van der Waals surface area contributed by atoms with Crippen LogP contribution in [0.25, 0.3) is 11.6 Å². The fourth-order valence-corrected chi connectivity index (χ4v) is 2.75. The number of aromatic nitrogens is 4. The van der Waals surface area contributed by atoms with Crippen LogP contribution in [0.2, 0.25) is 0 Å². The van der Waals surface area contributed by atoms with E-state index < -0.39 is 0 Å². The number of carbonyl (C=O) groups excluding carboxylic acids is 1. The summed E-state index contributed by atoms with van der Waals surface area (Å²) in [4.78, 5) is 12.0. The van der Waals surface area contributed by atoms with Crippen molar-refractivity contribution in [2.24, 2.45) is 0 Å². The highest BCUT2D eigenvalue weighted by molar-refractivity contribution is 5.76. The molecule has 0 fully saturated rings. The molecule has 0 aliphatic heterocycles. The van der Waals surface area contributed by atoms with Gasteiger partial charge in [-0.15, -0.1) is 10.2 Å². The number of hydrogen-bond acceptors (Lipinski definition) is 5. The largest absolute Gasteiger partial charge is 0.419 e. The number of aryl methyl sites for hydroxylation is 4. The molecule has 0 bridgehead atoms. The van der Waals surface area contributed by atoms with E-state index in [0.717, 1.165) is 23.5 Å². The molecule has 7 heteroatoms. The van der Waals surface area contributed by atoms with Gasteiger partial charge in [0.25, 0.3) is 5.89 Å². The summed E-state index contributed by atoms with van der Waals surface area (Å²) < 4.78 is 7.51. The molecule has 3 aromatic rings. The van der Waals surface area contributed by atoms with Crippen molar-refractivity contribution in [2.45, 2.75) is 46.7 Å². The lowest BCUT2D eigenvalue weighted by molar-refractivity contribution is -0.121. The molecule has 0 unspecified atom stereocenters. The smallest absolute Gasteiger partial charge is 0.265 e. The van der Waals surface area contributed by atoms with E-state index in [1.807, 2.05) is 49.7 Å². The van der Waals surface area contributed by atoms with Gasteiger partial charge in [0.2, 0.25) is 11.8 Å². The van der Waals surface area contributed by atoms with E-state index in [-0.39, 0.29) is 5.91 Å². The van der Waals surface area contributed by atoms with Crippen LogP contribution < -0.4 is 5.32 Å². The average molecular weight is 353 g/mol. The van der Waals surface area contributed by atoms with Gasteiger partial charge in [-0.2, -0.15) is 5.10 Å². The van der Waals surface area contributed by atoms with Gasteiger partial charge in [-0.05, 0) is 32.4 Å². The van der Waals surface area contributed by atoms with Crippen molar-refractivity contribution in [3.05, 3.63) is 53.0 Å². The molecule has 26 heavy (non-hydrogen) atoms. The maximum atomic E-state index is 12.0. The number of rotatable bonds is 7. The molecule has 0 spiro atoms.